The molecular formula is C12H17ClN2O. The monoisotopic (exact) mass is 240 g/mol. The molecule has 16 heavy (non-hydrogen) atoms. The fourth-order valence-corrected chi connectivity index (χ4v) is 1.64. The Morgan fingerprint density at radius 3 is 2.75 bits per heavy atom. The second kappa shape index (κ2) is 5.85. The van der Waals surface area contributed by atoms with Crippen LogP contribution in [0, 0.1) is 0 Å². The minimum Gasteiger partial charge on any atom is -0.350 e. The number of hydrogen-bond donors (Lipinski definition) is 1. The van der Waals surface area contributed by atoms with Gasteiger partial charge in [0, 0.05) is 17.3 Å². The topological polar surface area (TPSA) is 42.0 Å². The van der Waals surface area contributed by atoms with Crippen LogP contribution in [0.5, 0.6) is 0 Å². The van der Waals surface area contributed by atoms with Crippen LogP contribution in [-0.2, 0) is 6.42 Å². The van der Waals surface area contributed by atoms with Gasteiger partial charge in [-0.05, 0) is 32.4 Å². The van der Waals surface area contributed by atoms with Crippen LogP contribution in [0.15, 0.2) is 12.1 Å². The van der Waals surface area contributed by atoms with Crippen LogP contribution in [0.2, 0.25) is 5.15 Å². The van der Waals surface area contributed by atoms with E-state index >= 15 is 0 Å². The molecule has 1 aromatic rings. The lowest BCUT2D eigenvalue weighted by Gasteiger charge is -2.09. The zero-order valence-electron chi connectivity index (χ0n) is 9.88. The van der Waals surface area contributed by atoms with Gasteiger partial charge >= 0.3 is 0 Å². The van der Waals surface area contributed by atoms with Crippen molar-refractivity contribution in [1.29, 1.82) is 0 Å². The second-order valence-electron chi connectivity index (χ2n) is 4.05. The van der Waals surface area contributed by atoms with Crippen LogP contribution in [0.25, 0.3) is 0 Å². The first kappa shape index (κ1) is 13.0. The van der Waals surface area contributed by atoms with Gasteiger partial charge in [0.1, 0.15) is 5.15 Å². The predicted molar refractivity (Wildman–Crippen MR) is 65.8 cm³/mol. The summed E-state index contributed by atoms with van der Waals surface area (Å²) < 4.78 is 0. The van der Waals surface area contributed by atoms with E-state index in [0.717, 1.165) is 18.5 Å². The largest absolute Gasteiger partial charge is 0.350 e. The number of rotatable bonds is 4. The summed E-state index contributed by atoms with van der Waals surface area (Å²) in [7, 11) is 0. The van der Waals surface area contributed by atoms with Gasteiger partial charge in [-0.1, -0.05) is 24.9 Å². The number of aromatic nitrogens is 1. The zero-order chi connectivity index (χ0) is 12.1. The third-order valence-corrected chi connectivity index (χ3v) is 2.23. The summed E-state index contributed by atoms with van der Waals surface area (Å²) in [4.78, 5) is 15.9. The molecule has 0 unspecified atom stereocenters. The highest BCUT2D eigenvalue weighted by Gasteiger charge is 2.09. The Bertz CT molecular complexity index is 377. The van der Waals surface area contributed by atoms with E-state index in [2.05, 4.69) is 17.2 Å². The Morgan fingerprint density at radius 1 is 1.50 bits per heavy atom. The van der Waals surface area contributed by atoms with Gasteiger partial charge in [0.05, 0.1) is 0 Å². The fraction of sp³-hybridized carbons (Fsp3) is 0.500. The Morgan fingerprint density at radius 2 is 2.19 bits per heavy atom. The number of nitrogens with one attached hydrogen (secondary N) is 1. The summed E-state index contributed by atoms with van der Waals surface area (Å²) in [6.07, 6.45) is 1.82. The molecule has 0 radical (unpaired) electrons. The molecule has 0 saturated heterocycles. The van der Waals surface area contributed by atoms with E-state index in [0.29, 0.717) is 10.7 Å². The molecule has 88 valence electrons. The van der Waals surface area contributed by atoms with Crippen LogP contribution in [-0.4, -0.2) is 16.9 Å². The number of aryl methyl sites for hydroxylation is 1. The molecule has 0 atom stereocenters. The van der Waals surface area contributed by atoms with Crippen molar-refractivity contribution in [2.75, 3.05) is 0 Å². The van der Waals surface area contributed by atoms with Crippen molar-refractivity contribution in [3.8, 4) is 0 Å². The Hall–Kier alpha value is -1.09. The molecule has 0 aliphatic rings. The van der Waals surface area contributed by atoms with Crippen LogP contribution in [0.3, 0.4) is 0 Å². The average Bonchev–Trinajstić information content (AvgIpc) is 2.16. The summed E-state index contributed by atoms with van der Waals surface area (Å²) in [6.45, 7) is 5.91. The van der Waals surface area contributed by atoms with Gasteiger partial charge in [0.25, 0.3) is 5.91 Å². The van der Waals surface area contributed by atoms with E-state index in [1.165, 1.54) is 0 Å². The lowest BCUT2D eigenvalue weighted by Crippen LogP contribution is -2.30. The number of hydrogen-bond acceptors (Lipinski definition) is 2. The number of nitrogens with zero attached hydrogens (tertiary/aromatic N) is 1. The average molecular weight is 241 g/mol. The van der Waals surface area contributed by atoms with Gasteiger partial charge in [-0.15, -0.1) is 0 Å². The van der Waals surface area contributed by atoms with Gasteiger partial charge in [-0.25, -0.2) is 4.98 Å². The SMILES string of the molecule is CCCc1cc(C(=O)NC(C)C)cc(Cl)n1. The highest BCUT2D eigenvalue weighted by atomic mass is 35.5. The number of carbonyl (C=O) groups excluding carboxylic acids is 1. The maximum atomic E-state index is 11.8. The minimum atomic E-state index is -0.100. The summed E-state index contributed by atoms with van der Waals surface area (Å²) in [5, 5.41) is 3.21. The lowest BCUT2D eigenvalue weighted by atomic mass is 10.1. The number of pyridine rings is 1. The molecule has 1 amide bonds. The van der Waals surface area contributed by atoms with Crippen LogP contribution in [0.4, 0.5) is 0 Å². The molecule has 0 saturated carbocycles. The Labute approximate surface area is 101 Å². The van der Waals surface area contributed by atoms with E-state index < -0.39 is 0 Å². The zero-order valence-corrected chi connectivity index (χ0v) is 10.6. The van der Waals surface area contributed by atoms with E-state index in [-0.39, 0.29) is 11.9 Å². The molecular weight excluding hydrogens is 224 g/mol. The number of carbonyl (C=O) groups is 1. The predicted octanol–water partition coefficient (Wildman–Crippen LogP) is 2.83. The van der Waals surface area contributed by atoms with E-state index in [9.17, 15) is 4.79 Å². The Kier molecular flexibility index (Phi) is 4.74. The standard InChI is InChI=1S/C12H17ClN2O/c1-4-5-10-6-9(7-11(13)15-10)12(16)14-8(2)3/h6-8H,4-5H2,1-3H3,(H,14,16). The Balaban J connectivity index is 2.91. The fourth-order valence-electron chi connectivity index (χ4n) is 1.41. The van der Waals surface area contributed by atoms with Gasteiger partial charge in [0.15, 0.2) is 0 Å². The minimum absolute atomic E-state index is 0.100. The molecule has 0 aliphatic carbocycles. The first-order valence-corrected chi connectivity index (χ1v) is 5.88. The summed E-state index contributed by atoms with van der Waals surface area (Å²) >= 11 is 5.88. The molecule has 0 aromatic carbocycles. The third kappa shape index (κ3) is 3.81. The molecule has 3 nitrogen and oxygen atoms in total. The van der Waals surface area contributed by atoms with Gasteiger partial charge in [-0.3, -0.25) is 4.79 Å². The van der Waals surface area contributed by atoms with Crippen molar-refractivity contribution < 1.29 is 4.79 Å². The first-order chi connectivity index (χ1) is 7.52. The quantitative estimate of drug-likeness (QED) is 0.823. The number of amides is 1. The highest BCUT2D eigenvalue weighted by molar-refractivity contribution is 6.29. The van der Waals surface area contributed by atoms with E-state index in [4.69, 9.17) is 11.6 Å². The maximum absolute atomic E-state index is 11.8. The first-order valence-electron chi connectivity index (χ1n) is 5.50. The van der Waals surface area contributed by atoms with Crippen LogP contribution in [0.1, 0.15) is 43.2 Å². The smallest absolute Gasteiger partial charge is 0.251 e. The highest BCUT2D eigenvalue weighted by Crippen LogP contribution is 2.12. The molecule has 0 spiro atoms. The molecule has 4 heteroatoms. The molecule has 0 aliphatic heterocycles. The maximum Gasteiger partial charge on any atom is 0.251 e. The van der Waals surface area contributed by atoms with Gasteiger partial charge in [0.2, 0.25) is 0 Å². The molecule has 1 N–H and O–H groups in total. The van der Waals surface area contributed by atoms with E-state index in [1.54, 1.807) is 12.1 Å². The molecule has 1 rings (SSSR count). The van der Waals surface area contributed by atoms with Crippen molar-refractivity contribution in [3.63, 3.8) is 0 Å². The molecule has 1 aromatic heterocycles. The second-order valence-corrected chi connectivity index (χ2v) is 4.44. The summed E-state index contributed by atoms with van der Waals surface area (Å²) in [5.74, 6) is -0.100. The van der Waals surface area contributed by atoms with Crippen LogP contribution >= 0.6 is 11.6 Å². The van der Waals surface area contributed by atoms with Gasteiger partial charge in [-0.2, -0.15) is 0 Å². The van der Waals surface area contributed by atoms with Crippen molar-refractivity contribution in [2.24, 2.45) is 0 Å². The molecule has 0 bridgehead atoms. The molecule has 0 fully saturated rings. The van der Waals surface area contributed by atoms with Crippen molar-refractivity contribution >= 4 is 17.5 Å². The van der Waals surface area contributed by atoms with Gasteiger partial charge < -0.3 is 5.32 Å². The number of halogens is 1. The normalized spacial score (nSPS) is 10.6. The van der Waals surface area contributed by atoms with E-state index in [1.807, 2.05) is 13.8 Å². The third-order valence-electron chi connectivity index (χ3n) is 2.04. The molecule has 1 heterocycles. The van der Waals surface area contributed by atoms with Crippen molar-refractivity contribution in [2.45, 2.75) is 39.7 Å². The summed E-state index contributed by atoms with van der Waals surface area (Å²) in [5.41, 5.74) is 1.45. The van der Waals surface area contributed by atoms with Crippen LogP contribution < -0.4 is 5.32 Å². The summed E-state index contributed by atoms with van der Waals surface area (Å²) in [6, 6.07) is 3.51. The lowest BCUT2D eigenvalue weighted by molar-refractivity contribution is 0.0943. The van der Waals surface area contributed by atoms with Crippen molar-refractivity contribution in [3.05, 3.63) is 28.5 Å². The van der Waals surface area contributed by atoms with Crippen molar-refractivity contribution in [1.82, 2.24) is 10.3 Å².